The molecule has 1 saturated heterocycles. The van der Waals surface area contributed by atoms with Crippen molar-refractivity contribution in [3.63, 3.8) is 0 Å². The predicted molar refractivity (Wildman–Crippen MR) is 105 cm³/mol. The lowest BCUT2D eigenvalue weighted by atomic mass is 10.1. The van der Waals surface area contributed by atoms with Crippen LogP contribution in [0.4, 0.5) is 5.82 Å². The summed E-state index contributed by atoms with van der Waals surface area (Å²) in [6.07, 6.45) is 4.66. The van der Waals surface area contributed by atoms with E-state index in [-0.39, 0.29) is 0 Å². The number of likely N-dealkylation sites (tertiary alicyclic amines) is 1. The van der Waals surface area contributed by atoms with Crippen molar-refractivity contribution in [2.45, 2.75) is 45.7 Å². The molecule has 2 N–H and O–H groups in total. The van der Waals surface area contributed by atoms with Gasteiger partial charge in [0.2, 0.25) is 0 Å². The molecule has 0 bridgehead atoms. The first-order valence-corrected chi connectivity index (χ1v) is 9.89. The number of hydrogen-bond donors (Lipinski definition) is 2. The molecule has 0 aliphatic carbocycles. The van der Waals surface area contributed by atoms with E-state index < -0.39 is 0 Å². The van der Waals surface area contributed by atoms with Crippen molar-refractivity contribution in [1.82, 2.24) is 20.2 Å². The second-order valence-corrected chi connectivity index (χ2v) is 7.45. The van der Waals surface area contributed by atoms with E-state index in [0.29, 0.717) is 0 Å². The maximum absolute atomic E-state index is 4.69. The molecule has 0 spiro atoms. The average Bonchev–Trinajstić information content (AvgIpc) is 3.03. The van der Waals surface area contributed by atoms with Gasteiger partial charge in [0.05, 0.1) is 5.69 Å². The molecular formula is C21H29N5. The van der Waals surface area contributed by atoms with Crippen LogP contribution in [0.25, 0.3) is 0 Å². The molecule has 1 fully saturated rings. The van der Waals surface area contributed by atoms with Crippen LogP contribution in [0, 0.1) is 6.92 Å². The molecule has 0 unspecified atom stereocenters. The number of nitrogens with one attached hydrogen (secondary N) is 2. The summed E-state index contributed by atoms with van der Waals surface area (Å²) in [7, 11) is 0. The number of hydrogen-bond acceptors (Lipinski definition) is 5. The summed E-state index contributed by atoms with van der Waals surface area (Å²) >= 11 is 0. The zero-order valence-corrected chi connectivity index (χ0v) is 15.7. The second kappa shape index (κ2) is 8.14. The Morgan fingerprint density at radius 3 is 2.77 bits per heavy atom. The van der Waals surface area contributed by atoms with Gasteiger partial charge in [-0.1, -0.05) is 24.3 Å². The third kappa shape index (κ3) is 4.22. The fraction of sp³-hybridized carbons (Fsp3) is 0.524. The fourth-order valence-corrected chi connectivity index (χ4v) is 4.04. The Kier molecular flexibility index (Phi) is 5.46. The van der Waals surface area contributed by atoms with Crippen LogP contribution < -0.4 is 10.6 Å². The minimum absolute atomic E-state index is 0.810. The van der Waals surface area contributed by atoms with Gasteiger partial charge in [-0.2, -0.15) is 0 Å². The Balaban J connectivity index is 1.46. The number of aromatic nitrogens is 2. The number of benzene rings is 1. The van der Waals surface area contributed by atoms with Crippen LogP contribution >= 0.6 is 0 Å². The van der Waals surface area contributed by atoms with Gasteiger partial charge >= 0.3 is 0 Å². The van der Waals surface area contributed by atoms with Crippen LogP contribution in [0.2, 0.25) is 0 Å². The molecule has 5 heteroatoms. The number of rotatable bonds is 5. The molecule has 0 saturated carbocycles. The van der Waals surface area contributed by atoms with Crippen molar-refractivity contribution in [1.29, 1.82) is 0 Å². The van der Waals surface area contributed by atoms with Crippen LogP contribution in [0.3, 0.4) is 0 Å². The normalized spacial score (nSPS) is 17.7. The molecule has 1 aromatic carbocycles. The lowest BCUT2D eigenvalue weighted by Crippen LogP contribution is -2.18. The highest BCUT2D eigenvalue weighted by Gasteiger charge is 2.16. The Morgan fingerprint density at radius 2 is 1.88 bits per heavy atom. The van der Waals surface area contributed by atoms with E-state index in [1.807, 2.05) is 6.92 Å². The van der Waals surface area contributed by atoms with Crippen LogP contribution in [0.5, 0.6) is 0 Å². The first kappa shape index (κ1) is 17.4. The summed E-state index contributed by atoms with van der Waals surface area (Å²) in [5.41, 5.74) is 5.22. The van der Waals surface area contributed by atoms with Crippen LogP contribution in [-0.2, 0) is 25.9 Å². The number of anilines is 1. The summed E-state index contributed by atoms with van der Waals surface area (Å²) in [5.74, 6) is 1.87. The Labute approximate surface area is 156 Å². The van der Waals surface area contributed by atoms with Crippen LogP contribution in [0.1, 0.15) is 41.1 Å². The molecule has 4 rings (SSSR count). The third-order valence-corrected chi connectivity index (χ3v) is 5.35. The van der Waals surface area contributed by atoms with Crippen molar-refractivity contribution in [3.05, 3.63) is 52.5 Å². The molecule has 0 atom stereocenters. The lowest BCUT2D eigenvalue weighted by Gasteiger charge is -2.16. The molecule has 2 aliphatic rings. The minimum Gasteiger partial charge on any atom is -0.366 e. The topological polar surface area (TPSA) is 53.1 Å². The minimum atomic E-state index is 0.810. The van der Waals surface area contributed by atoms with Crippen molar-refractivity contribution in [2.75, 3.05) is 31.5 Å². The fourth-order valence-electron chi connectivity index (χ4n) is 4.04. The standard InChI is InChI=1S/C21H29N5/c1-16-24-20-8-10-22-9-7-19(20)21(25-16)23-14-17-5-4-6-18(13-17)15-26-11-2-3-12-26/h4-6,13,22H,2-3,7-12,14-15H2,1H3,(H,23,24,25). The molecule has 2 aromatic rings. The SMILES string of the molecule is Cc1nc2c(c(NCc3cccc(CN4CCCC4)c3)n1)CCNCC2. The highest BCUT2D eigenvalue weighted by atomic mass is 15.1. The Morgan fingerprint density at radius 1 is 1.08 bits per heavy atom. The molecule has 138 valence electrons. The number of aryl methyl sites for hydroxylation is 1. The quantitative estimate of drug-likeness (QED) is 0.867. The van der Waals surface area contributed by atoms with Gasteiger partial charge in [0.15, 0.2) is 0 Å². The molecule has 2 aliphatic heterocycles. The molecule has 0 amide bonds. The molecule has 0 radical (unpaired) electrons. The van der Waals surface area contributed by atoms with Gasteiger partial charge in [-0.3, -0.25) is 4.90 Å². The monoisotopic (exact) mass is 351 g/mol. The number of nitrogens with zero attached hydrogens (tertiary/aromatic N) is 3. The van der Waals surface area contributed by atoms with E-state index in [1.54, 1.807) is 0 Å². The van der Waals surface area contributed by atoms with Gasteiger partial charge in [0.1, 0.15) is 11.6 Å². The maximum atomic E-state index is 4.69. The summed E-state index contributed by atoms with van der Waals surface area (Å²) in [6.45, 7) is 8.35. The predicted octanol–water partition coefficient (Wildman–Crippen LogP) is 2.68. The van der Waals surface area contributed by atoms with E-state index in [2.05, 4.69) is 44.8 Å². The average molecular weight is 351 g/mol. The van der Waals surface area contributed by atoms with Crippen molar-refractivity contribution >= 4 is 5.82 Å². The van der Waals surface area contributed by atoms with Crippen molar-refractivity contribution in [3.8, 4) is 0 Å². The van der Waals surface area contributed by atoms with E-state index in [1.165, 1.54) is 48.3 Å². The Bertz CT molecular complexity index is 752. The summed E-state index contributed by atoms with van der Waals surface area (Å²) in [5, 5.41) is 7.04. The lowest BCUT2D eigenvalue weighted by molar-refractivity contribution is 0.331. The second-order valence-electron chi connectivity index (χ2n) is 7.45. The van der Waals surface area contributed by atoms with Gasteiger partial charge in [0, 0.05) is 31.6 Å². The molecule has 5 nitrogen and oxygen atoms in total. The maximum Gasteiger partial charge on any atom is 0.133 e. The largest absolute Gasteiger partial charge is 0.366 e. The zero-order chi connectivity index (χ0) is 17.8. The van der Waals surface area contributed by atoms with Crippen LogP contribution in [0.15, 0.2) is 24.3 Å². The van der Waals surface area contributed by atoms with Crippen molar-refractivity contribution in [2.24, 2.45) is 0 Å². The zero-order valence-electron chi connectivity index (χ0n) is 15.7. The smallest absolute Gasteiger partial charge is 0.133 e. The highest BCUT2D eigenvalue weighted by Crippen LogP contribution is 2.21. The first-order chi connectivity index (χ1) is 12.8. The molecule has 3 heterocycles. The first-order valence-electron chi connectivity index (χ1n) is 9.89. The van der Waals surface area contributed by atoms with Gasteiger partial charge < -0.3 is 10.6 Å². The van der Waals surface area contributed by atoms with Gasteiger partial charge in [-0.05, 0) is 56.9 Å². The van der Waals surface area contributed by atoms with Gasteiger partial charge in [-0.25, -0.2) is 9.97 Å². The molecular weight excluding hydrogens is 322 g/mol. The third-order valence-electron chi connectivity index (χ3n) is 5.35. The van der Waals surface area contributed by atoms with Crippen molar-refractivity contribution < 1.29 is 0 Å². The summed E-state index contributed by atoms with van der Waals surface area (Å²) < 4.78 is 0. The summed E-state index contributed by atoms with van der Waals surface area (Å²) in [4.78, 5) is 11.9. The van der Waals surface area contributed by atoms with E-state index in [9.17, 15) is 0 Å². The van der Waals surface area contributed by atoms with E-state index in [0.717, 1.165) is 50.7 Å². The van der Waals surface area contributed by atoms with Crippen LogP contribution in [-0.4, -0.2) is 41.0 Å². The van der Waals surface area contributed by atoms with Gasteiger partial charge in [-0.15, -0.1) is 0 Å². The molecule has 26 heavy (non-hydrogen) atoms. The summed E-state index contributed by atoms with van der Waals surface area (Å²) in [6, 6.07) is 8.96. The van der Waals surface area contributed by atoms with Gasteiger partial charge in [0.25, 0.3) is 0 Å². The Hall–Kier alpha value is -1.98. The molecule has 1 aromatic heterocycles. The number of fused-ring (bicyclic) bond motifs is 1. The highest BCUT2D eigenvalue weighted by molar-refractivity contribution is 5.48. The van der Waals surface area contributed by atoms with E-state index >= 15 is 0 Å². The van der Waals surface area contributed by atoms with E-state index in [4.69, 9.17) is 4.98 Å².